The van der Waals surface area contributed by atoms with Gasteiger partial charge in [-0.1, -0.05) is 60.7 Å². The molecule has 2 nitrogen and oxygen atoms in total. The fraction of sp³-hybridized carbons (Fsp3) is 0.0909. The van der Waals surface area contributed by atoms with Crippen molar-refractivity contribution in [2.75, 3.05) is 0 Å². The van der Waals surface area contributed by atoms with Gasteiger partial charge >= 0.3 is 0 Å². The van der Waals surface area contributed by atoms with E-state index in [0.717, 1.165) is 21.0 Å². The predicted octanol–water partition coefficient (Wildman–Crippen LogP) is 6.86. The van der Waals surface area contributed by atoms with Gasteiger partial charge < -0.3 is 0 Å². The molecule has 0 fully saturated rings. The molecule has 0 atom stereocenters. The summed E-state index contributed by atoms with van der Waals surface area (Å²) in [7, 11) is 0. The van der Waals surface area contributed by atoms with Crippen LogP contribution in [0, 0.1) is 13.8 Å². The molecule has 26 heavy (non-hydrogen) atoms. The average Bonchev–Trinajstić information content (AvgIpc) is 3.22. The van der Waals surface area contributed by atoms with E-state index in [2.05, 4.69) is 74.5 Å². The molecule has 0 aliphatic rings. The normalized spacial score (nSPS) is 11.5. The van der Waals surface area contributed by atoms with Gasteiger partial charge in [-0.05, 0) is 25.0 Å². The largest absolute Gasteiger partial charge is 0.241 e. The Hall–Kier alpha value is -2.56. The highest BCUT2D eigenvalue weighted by Gasteiger charge is 2.22. The number of benzene rings is 3. The van der Waals surface area contributed by atoms with Gasteiger partial charge in [0.2, 0.25) is 0 Å². The van der Waals surface area contributed by atoms with Crippen LogP contribution in [0.15, 0.2) is 60.7 Å². The van der Waals surface area contributed by atoms with Gasteiger partial charge in [-0.3, -0.25) is 0 Å². The number of fused-ring (bicyclic) bond motifs is 2. The highest BCUT2D eigenvalue weighted by molar-refractivity contribution is 7.21. The molecule has 126 valence electrons. The zero-order chi connectivity index (χ0) is 17.7. The summed E-state index contributed by atoms with van der Waals surface area (Å²) < 4.78 is 2.45. The molecule has 0 amide bonds. The third kappa shape index (κ3) is 2.37. The van der Waals surface area contributed by atoms with Gasteiger partial charge in [0.25, 0.3) is 0 Å². The average molecular weight is 373 g/mol. The number of thiazole rings is 2. The van der Waals surface area contributed by atoms with E-state index in [1.54, 1.807) is 22.7 Å². The number of nitrogens with zero attached hydrogens (tertiary/aromatic N) is 2. The van der Waals surface area contributed by atoms with Gasteiger partial charge in [-0.25, -0.2) is 9.97 Å². The van der Waals surface area contributed by atoms with Gasteiger partial charge in [-0.15, -0.1) is 22.7 Å². The lowest BCUT2D eigenvalue weighted by Crippen LogP contribution is -1.87. The van der Waals surface area contributed by atoms with Crippen LogP contribution in [0.4, 0.5) is 0 Å². The second-order valence-electron chi connectivity index (χ2n) is 6.30. The summed E-state index contributed by atoms with van der Waals surface area (Å²) in [6.45, 7) is 4.17. The molecule has 0 N–H and O–H groups in total. The van der Waals surface area contributed by atoms with Crippen LogP contribution in [0.1, 0.15) is 10.0 Å². The Morgan fingerprint density at radius 3 is 1.35 bits per heavy atom. The second-order valence-corrected chi connectivity index (χ2v) is 8.71. The van der Waals surface area contributed by atoms with Gasteiger partial charge in [0.15, 0.2) is 0 Å². The van der Waals surface area contributed by atoms with Crippen molar-refractivity contribution >= 4 is 43.1 Å². The Morgan fingerprint density at radius 1 is 0.577 bits per heavy atom. The Kier molecular flexibility index (Phi) is 3.62. The highest BCUT2D eigenvalue weighted by atomic mass is 32.1. The Labute approximate surface area is 159 Å². The molecule has 2 aromatic heterocycles. The highest BCUT2D eigenvalue weighted by Crippen LogP contribution is 2.46. The molecular formula is C22H16N2S2. The van der Waals surface area contributed by atoms with Gasteiger partial charge in [-0.2, -0.15) is 0 Å². The van der Waals surface area contributed by atoms with Crippen molar-refractivity contribution in [1.29, 1.82) is 0 Å². The maximum Gasteiger partial charge on any atom is 0.0915 e. The predicted molar refractivity (Wildman–Crippen MR) is 113 cm³/mol. The van der Waals surface area contributed by atoms with Crippen LogP contribution >= 0.6 is 22.7 Å². The van der Waals surface area contributed by atoms with Gasteiger partial charge in [0.05, 0.1) is 30.4 Å². The molecule has 0 aliphatic heterocycles. The quantitative estimate of drug-likeness (QED) is 0.338. The van der Waals surface area contributed by atoms with Crippen molar-refractivity contribution in [2.45, 2.75) is 13.8 Å². The zero-order valence-electron chi connectivity index (χ0n) is 14.5. The Morgan fingerprint density at radius 2 is 0.962 bits per heavy atom. The fourth-order valence-corrected chi connectivity index (χ4v) is 5.48. The van der Waals surface area contributed by atoms with Crippen LogP contribution in [-0.4, -0.2) is 9.97 Å². The van der Waals surface area contributed by atoms with Crippen molar-refractivity contribution in [3.8, 4) is 22.3 Å². The summed E-state index contributed by atoms with van der Waals surface area (Å²) in [6, 6.07) is 21.1. The minimum Gasteiger partial charge on any atom is -0.241 e. The van der Waals surface area contributed by atoms with Crippen LogP contribution in [0.3, 0.4) is 0 Å². The summed E-state index contributed by atoms with van der Waals surface area (Å²) in [6.07, 6.45) is 0. The molecular weight excluding hydrogens is 356 g/mol. The molecule has 5 aromatic rings. The van der Waals surface area contributed by atoms with Crippen LogP contribution in [0.5, 0.6) is 0 Å². The molecule has 2 heterocycles. The smallest absolute Gasteiger partial charge is 0.0915 e. The summed E-state index contributed by atoms with van der Waals surface area (Å²) in [5.74, 6) is 0. The SMILES string of the molecule is Cc1nc2c(-c3ccccc3)c3sc(C)nc3c(-c3ccccc3)c2s1. The van der Waals surface area contributed by atoms with Crippen LogP contribution in [0.2, 0.25) is 0 Å². The number of hydrogen-bond acceptors (Lipinski definition) is 4. The van der Waals surface area contributed by atoms with E-state index in [1.807, 2.05) is 0 Å². The van der Waals surface area contributed by atoms with Gasteiger partial charge in [0, 0.05) is 11.1 Å². The first-order valence-corrected chi connectivity index (χ1v) is 10.2. The molecule has 0 aliphatic carbocycles. The lowest BCUT2D eigenvalue weighted by Gasteiger charge is -2.10. The lowest BCUT2D eigenvalue weighted by atomic mass is 9.97. The van der Waals surface area contributed by atoms with Crippen LogP contribution in [0.25, 0.3) is 42.7 Å². The van der Waals surface area contributed by atoms with Crippen LogP contribution in [-0.2, 0) is 0 Å². The minimum absolute atomic E-state index is 1.09. The summed E-state index contributed by atoms with van der Waals surface area (Å²) in [5.41, 5.74) is 7.02. The van der Waals surface area contributed by atoms with E-state index in [9.17, 15) is 0 Å². The molecule has 3 aromatic carbocycles. The first-order chi connectivity index (χ1) is 12.7. The fourth-order valence-electron chi connectivity index (χ4n) is 3.49. The van der Waals surface area contributed by atoms with Gasteiger partial charge in [0.1, 0.15) is 0 Å². The zero-order valence-corrected chi connectivity index (χ0v) is 16.1. The number of aromatic nitrogens is 2. The summed E-state index contributed by atoms with van der Waals surface area (Å²) in [5, 5.41) is 2.17. The van der Waals surface area contributed by atoms with E-state index in [4.69, 9.17) is 9.97 Å². The maximum atomic E-state index is 4.93. The number of rotatable bonds is 2. The molecule has 0 unspecified atom stereocenters. The molecule has 0 radical (unpaired) electrons. The van der Waals surface area contributed by atoms with E-state index < -0.39 is 0 Å². The van der Waals surface area contributed by atoms with Crippen molar-refractivity contribution < 1.29 is 0 Å². The minimum atomic E-state index is 1.09. The summed E-state index contributed by atoms with van der Waals surface area (Å²) in [4.78, 5) is 9.86. The van der Waals surface area contributed by atoms with E-state index in [1.165, 1.54) is 31.7 Å². The van der Waals surface area contributed by atoms with Crippen molar-refractivity contribution in [2.24, 2.45) is 0 Å². The molecule has 0 spiro atoms. The Balaban J connectivity index is 2.01. The lowest BCUT2D eigenvalue weighted by molar-refractivity contribution is 1.34. The third-order valence-corrected chi connectivity index (χ3v) is 6.50. The van der Waals surface area contributed by atoms with Crippen molar-refractivity contribution in [3.05, 3.63) is 70.7 Å². The maximum absolute atomic E-state index is 4.93. The van der Waals surface area contributed by atoms with E-state index in [-0.39, 0.29) is 0 Å². The first-order valence-electron chi connectivity index (χ1n) is 8.53. The number of hydrogen-bond donors (Lipinski definition) is 0. The monoisotopic (exact) mass is 372 g/mol. The van der Waals surface area contributed by atoms with Crippen LogP contribution < -0.4 is 0 Å². The van der Waals surface area contributed by atoms with E-state index in [0.29, 0.717) is 0 Å². The topological polar surface area (TPSA) is 25.8 Å². The van der Waals surface area contributed by atoms with Crippen molar-refractivity contribution in [1.82, 2.24) is 9.97 Å². The molecule has 0 saturated heterocycles. The summed E-state index contributed by atoms with van der Waals surface area (Å²) >= 11 is 3.52. The third-order valence-electron chi connectivity index (χ3n) is 4.52. The van der Waals surface area contributed by atoms with Crippen molar-refractivity contribution in [3.63, 3.8) is 0 Å². The molecule has 0 bridgehead atoms. The molecule has 5 rings (SSSR count). The molecule has 4 heteroatoms. The second kappa shape index (κ2) is 6.01. The first kappa shape index (κ1) is 15.7. The standard InChI is InChI=1S/C22H16N2S2/c1-13-23-19-17(15-9-5-3-6-10-15)22-20(24-14(2)26-22)18(21(19)25-13)16-11-7-4-8-12-16/h3-12H,1-2H3. The number of aryl methyl sites for hydroxylation is 2. The van der Waals surface area contributed by atoms with E-state index >= 15 is 0 Å². The Bertz CT molecular complexity index is 1080. The molecule has 0 saturated carbocycles.